The molecule has 3 aromatic rings. The van der Waals surface area contributed by atoms with Crippen LogP contribution >= 0.6 is 0 Å². The highest BCUT2D eigenvalue weighted by molar-refractivity contribution is 6.70. The fourth-order valence-corrected chi connectivity index (χ4v) is 7.40. The van der Waals surface area contributed by atoms with Crippen LogP contribution in [0.1, 0.15) is 25.3 Å². The summed E-state index contributed by atoms with van der Waals surface area (Å²) in [6.45, 7) is 2.42. The SMILES string of the molecule is CC1(Cc2c[c]([AlH][c]3ccc(N)cc3)c[c]([AlH][c]3ccc(N)cc3)c2)CC1. The van der Waals surface area contributed by atoms with Gasteiger partial charge in [-0.25, -0.2) is 0 Å². The van der Waals surface area contributed by atoms with Gasteiger partial charge in [-0.2, -0.15) is 0 Å². The van der Waals surface area contributed by atoms with Gasteiger partial charge in [0.2, 0.25) is 0 Å². The highest BCUT2D eigenvalue weighted by Gasteiger charge is 2.37. The van der Waals surface area contributed by atoms with E-state index in [0.717, 1.165) is 11.4 Å². The molecule has 134 valence electrons. The summed E-state index contributed by atoms with van der Waals surface area (Å²) < 4.78 is 6.03. The van der Waals surface area contributed by atoms with Crippen LogP contribution in [-0.2, 0) is 6.42 Å². The van der Waals surface area contributed by atoms with Crippen molar-refractivity contribution in [3.8, 4) is 0 Å². The zero-order valence-corrected chi connectivity index (χ0v) is 18.9. The molecule has 1 saturated carbocycles. The molecule has 27 heavy (non-hydrogen) atoms. The zero-order valence-electron chi connectivity index (χ0n) is 16.0. The Morgan fingerprint density at radius 2 is 1.15 bits per heavy atom. The van der Waals surface area contributed by atoms with E-state index < -0.39 is 30.4 Å². The number of nitrogens with two attached hydrogens (primary N) is 2. The third-order valence-corrected chi connectivity index (χ3v) is 9.02. The van der Waals surface area contributed by atoms with E-state index in [2.05, 4.69) is 49.4 Å². The lowest BCUT2D eigenvalue weighted by Crippen LogP contribution is -2.34. The molecule has 0 spiro atoms. The Morgan fingerprint density at radius 3 is 1.56 bits per heavy atom. The maximum absolute atomic E-state index is 5.85. The molecule has 4 N–H and O–H groups in total. The second-order valence-corrected chi connectivity index (χ2v) is 12.5. The minimum atomic E-state index is -0.475. The molecular weight excluding hydrogens is 358 g/mol. The lowest BCUT2D eigenvalue weighted by Gasteiger charge is -2.13. The van der Waals surface area contributed by atoms with Crippen LogP contribution in [0.2, 0.25) is 0 Å². The van der Waals surface area contributed by atoms with Crippen molar-refractivity contribution in [1.82, 2.24) is 0 Å². The molecule has 0 aromatic heterocycles. The van der Waals surface area contributed by atoms with Crippen molar-refractivity contribution in [2.45, 2.75) is 26.2 Å². The molecule has 0 radical (unpaired) electrons. The van der Waals surface area contributed by atoms with Crippen LogP contribution in [0.3, 0.4) is 0 Å². The van der Waals surface area contributed by atoms with Crippen molar-refractivity contribution in [1.29, 1.82) is 0 Å². The van der Waals surface area contributed by atoms with E-state index in [1.165, 1.54) is 33.7 Å². The average Bonchev–Trinajstić information content (AvgIpc) is 3.35. The number of rotatable bonds is 6. The topological polar surface area (TPSA) is 52.0 Å². The third kappa shape index (κ3) is 5.19. The molecule has 0 heterocycles. The quantitative estimate of drug-likeness (QED) is 0.492. The van der Waals surface area contributed by atoms with E-state index >= 15 is 0 Å². The normalized spacial score (nSPS) is 14.6. The highest BCUT2D eigenvalue weighted by Crippen LogP contribution is 2.47. The molecule has 1 aliphatic rings. The van der Waals surface area contributed by atoms with Crippen molar-refractivity contribution in [3.63, 3.8) is 0 Å². The molecule has 0 unspecified atom stereocenters. The number of nitrogen functional groups attached to an aromatic ring is 2. The number of hydrogen-bond acceptors (Lipinski definition) is 2. The van der Waals surface area contributed by atoms with E-state index in [1.807, 2.05) is 24.3 Å². The maximum Gasteiger partial charge on any atom is 0.323 e. The average molecular weight is 384 g/mol. The van der Waals surface area contributed by atoms with Gasteiger partial charge in [-0.1, -0.05) is 49.4 Å². The largest absolute Gasteiger partial charge is 0.399 e. The molecule has 1 fully saturated rings. The van der Waals surface area contributed by atoms with Gasteiger partial charge in [-0.15, -0.1) is 17.7 Å². The van der Waals surface area contributed by atoms with E-state index in [-0.39, 0.29) is 0 Å². The molecule has 0 saturated heterocycles. The van der Waals surface area contributed by atoms with Gasteiger partial charge in [-0.05, 0) is 54.5 Å². The van der Waals surface area contributed by atoms with Gasteiger partial charge >= 0.3 is 30.4 Å². The fraction of sp³-hybridized carbons (Fsp3) is 0.217. The lowest BCUT2D eigenvalue weighted by atomic mass is 9.99. The number of anilines is 2. The Bertz CT molecular complexity index is 864. The Balaban J connectivity index is 1.61. The minimum Gasteiger partial charge on any atom is -0.399 e. The predicted octanol–water partition coefficient (Wildman–Crippen LogP) is 0.968. The molecule has 4 heteroatoms. The Labute approximate surface area is 174 Å². The summed E-state index contributed by atoms with van der Waals surface area (Å²) >= 11 is -0.949. The van der Waals surface area contributed by atoms with Crippen molar-refractivity contribution in [3.05, 3.63) is 72.3 Å². The molecule has 0 bridgehead atoms. The molecule has 1 aliphatic carbocycles. The number of hydrogen-bond donors (Lipinski definition) is 2. The second-order valence-electron chi connectivity index (χ2n) is 8.48. The van der Waals surface area contributed by atoms with Crippen molar-refractivity contribution in [2.24, 2.45) is 5.41 Å². The van der Waals surface area contributed by atoms with E-state index in [9.17, 15) is 0 Å². The molecule has 0 atom stereocenters. The Hall–Kier alpha value is -1.68. The molecule has 0 aliphatic heterocycles. The van der Waals surface area contributed by atoms with Crippen LogP contribution in [-0.4, -0.2) is 30.4 Å². The molecule has 4 rings (SSSR count). The Kier molecular flexibility index (Phi) is 5.36. The predicted molar refractivity (Wildman–Crippen MR) is 122 cm³/mol. The summed E-state index contributed by atoms with van der Waals surface area (Å²) in [6, 6.07) is 24.4. The number of benzene rings is 3. The van der Waals surface area contributed by atoms with Crippen LogP contribution in [0.25, 0.3) is 0 Å². The highest BCUT2D eigenvalue weighted by atomic mass is 27.1. The van der Waals surface area contributed by atoms with E-state index in [1.54, 1.807) is 8.85 Å². The summed E-state index contributed by atoms with van der Waals surface area (Å²) in [5.74, 6) is 0. The molecule has 2 nitrogen and oxygen atoms in total. The van der Waals surface area contributed by atoms with Gasteiger partial charge < -0.3 is 11.5 Å². The molecule has 0 amide bonds. The van der Waals surface area contributed by atoms with E-state index in [4.69, 9.17) is 11.5 Å². The van der Waals surface area contributed by atoms with Gasteiger partial charge in [0.25, 0.3) is 0 Å². The van der Waals surface area contributed by atoms with Gasteiger partial charge in [0.05, 0.1) is 0 Å². The zero-order chi connectivity index (χ0) is 18.9. The molecular formula is C23H26Al2N2. The van der Waals surface area contributed by atoms with Crippen LogP contribution in [0, 0.1) is 5.41 Å². The minimum absolute atomic E-state index is 0.475. The summed E-state index contributed by atoms with van der Waals surface area (Å²) in [7, 11) is 0. The van der Waals surface area contributed by atoms with Crippen molar-refractivity contribution < 1.29 is 0 Å². The standard InChI is InChI=1S/C11H12.2C6H6N.2Al.2H/c1-11(7-8-11)9-10-5-3-2-4-6-10;2*7-6-4-2-1-3-5-6;;;;/h2,5-6H,7-9H2,1H3;2*2-5H,7H2;;;;. The summed E-state index contributed by atoms with van der Waals surface area (Å²) in [5.41, 5.74) is 15.5. The van der Waals surface area contributed by atoms with Crippen LogP contribution < -0.4 is 29.2 Å². The summed E-state index contributed by atoms with van der Waals surface area (Å²) in [6.07, 6.45) is 3.97. The Morgan fingerprint density at radius 1 is 0.704 bits per heavy atom. The van der Waals surface area contributed by atoms with E-state index in [0.29, 0.717) is 5.41 Å². The van der Waals surface area contributed by atoms with Crippen LogP contribution in [0.5, 0.6) is 0 Å². The second kappa shape index (κ2) is 7.75. The van der Waals surface area contributed by atoms with Gasteiger partial charge in [0.15, 0.2) is 0 Å². The molecule has 3 aromatic carbocycles. The smallest absolute Gasteiger partial charge is 0.323 e. The van der Waals surface area contributed by atoms with Crippen LogP contribution in [0.15, 0.2) is 66.7 Å². The van der Waals surface area contributed by atoms with Crippen molar-refractivity contribution >= 4 is 59.5 Å². The maximum atomic E-state index is 5.85. The van der Waals surface area contributed by atoms with Crippen molar-refractivity contribution in [2.75, 3.05) is 11.5 Å². The third-order valence-electron chi connectivity index (χ3n) is 5.62. The lowest BCUT2D eigenvalue weighted by molar-refractivity contribution is 0.571. The van der Waals surface area contributed by atoms with Gasteiger partial charge in [0.1, 0.15) is 0 Å². The summed E-state index contributed by atoms with van der Waals surface area (Å²) in [5, 5.41) is 0. The fourth-order valence-electron chi connectivity index (χ4n) is 3.77. The first-order chi connectivity index (χ1) is 13.0. The van der Waals surface area contributed by atoms with Gasteiger partial charge in [-0.3, -0.25) is 0 Å². The first-order valence-corrected chi connectivity index (χ1v) is 12.6. The first-order valence-electron chi connectivity index (χ1n) is 9.78. The van der Waals surface area contributed by atoms with Crippen LogP contribution in [0.4, 0.5) is 11.4 Å². The van der Waals surface area contributed by atoms with Gasteiger partial charge in [0, 0.05) is 11.4 Å². The summed E-state index contributed by atoms with van der Waals surface area (Å²) in [4.78, 5) is 0. The monoisotopic (exact) mass is 384 g/mol. The first kappa shape index (κ1) is 18.7.